The molecule has 3 rings (SSSR count). The number of nitrogens with two attached hydrogens (primary N) is 4. The normalized spacial score (nSPS) is 13.7. The first-order chi connectivity index (χ1) is 24.3. The summed E-state index contributed by atoms with van der Waals surface area (Å²) in [5.74, 6) is -5.85. The lowest BCUT2D eigenvalue weighted by molar-refractivity contribution is -0.193. The second-order valence-electron chi connectivity index (χ2n) is 10.8. The molecule has 0 radical (unpaired) electrons. The molecule has 1 saturated heterocycles. The number of imide groups is 1. The van der Waals surface area contributed by atoms with Gasteiger partial charge < -0.3 is 38.0 Å². The molecule has 1 heterocycles. The number of halogens is 10. The van der Waals surface area contributed by atoms with E-state index in [-0.39, 0.29) is 36.9 Å². The minimum atomic E-state index is -5.08. The zero-order valence-electron chi connectivity index (χ0n) is 27.0. The monoisotopic (exact) mass is 1020 g/mol. The van der Waals surface area contributed by atoms with Gasteiger partial charge >= 0.3 is 30.3 Å². The van der Waals surface area contributed by atoms with Gasteiger partial charge in [-0.15, -0.1) is 0 Å². The summed E-state index contributed by atoms with van der Waals surface area (Å²) in [4.78, 5) is 57.0. The molecule has 1 fully saturated rings. The Morgan fingerprint density at radius 2 is 0.981 bits per heavy atom. The van der Waals surface area contributed by atoms with E-state index >= 15 is 0 Å². The largest absolute Gasteiger partial charge is 0.490 e. The predicted octanol–water partition coefficient (Wildman–Crippen LogP) is 5.12. The molecule has 294 valence electrons. The lowest BCUT2D eigenvalue weighted by Gasteiger charge is -2.36. The SMILES string of the molecule is NC(N)=NCCCN1C(=O)N(CCCN=C(N)N)C(Cc2cc(Br)cc(Br)c2)(Cc2cc(Br)cc(Br)c2)C1=O.O=C(O)C(F)(F)F.O=C(O)C(F)(F)F. The second-order valence-corrected chi connectivity index (χ2v) is 14.4. The number of nitrogens with zero attached hydrogens (tertiary/aromatic N) is 4. The highest BCUT2D eigenvalue weighted by atomic mass is 79.9. The van der Waals surface area contributed by atoms with Crippen molar-refractivity contribution in [3.63, 3.8) is 0 Å². The van der Waals surface area contributed by atoms with Crippen LogP contribution in [0.1, 0.15) is 24.0 Å². The number of carboxylic acids is 2. The van der Waals surface area contributed by atoms with Crippen LogP contribution in [0.3, 0.4) is 0 Å². The summed E-state index contributed by atoms with van der Waals surface area (Å²) in [6.45, 7) is 1.10. The molecule has 2 aromatic rings. The van der Waals surface area contributed by atoms with Crippen molar-refractivity contribution in [2.45, 2.75) is 43.6 Å². The third-order valence-electron chi connectivity index (χ3n) is 6.61. The first-order valence-corrected chi connectivity index (χ1v) is 17.7. The van der Waals surface area contributed by atoms with E-state index in [1.165, 1.54) is 4.90 Å². The highest BCUT2D eigenvalue weighted by Crippen LogP contribution is 2.37. The number of aliphatic carboxylic acids is 2. The van der Waals surface area contributed by atoms with Crippen LogP contribution in [0.15, 0.2) is 64.3 Å². The second kappa shape index (κ2) is 20.7. The molecule has 10 N–H and O–H groups in total. The van der Waals surface area contributed by atoms with Crippen LogP contribution < -0.4 is 22.9 Å². The molecule has 14 nitrogen and oxygen atoms in total. The summed E-state index contributed by atoms with van der Waals surface area (Å²) in [6.07, 6.45) is -8.66. The molecule has 0 atom stereocenters. The molecule has 0 aromatic heterocycles. The molecule has 3 amide bonds. The molecule has 0 bridgehead atoms. The van der Waals surface area contributed by atoms with Crippen molar-refractivity contribution in [3.05, 3.63) is 65.4 Å². The van der Waals surface area contributed by atoms with Crippen molar-refractivity contribution < 1.29 is 55.7 Å². The molecule has 53 heavy (non-hydrogen) atoms. The molecule has 0 spiro atoms. The van der Waals surface area contributed by atoms with Crippen molar-refractivity contribution in [1.29, 1.82) is 0 Å². The molecule has 1 aliphatic rings. The van der Waals surface area contributed by atoms with Crippen LogP contribution in [0.2, 0.25) is 0 Å². The lowest BCUT2D eigenvalue weighted by atomic mass is 9.83. The maximum atomic E-state index is 14.3. The molecule has 0 unspecified atom stereocenters. The first-order valence-electron chi connectivity index (χ1n) is 14.5. The number of amides is 3. The van der Waals surface area contributed by atoms with Gasteiger partial charge in [0, 0.05) is 56.9 Å². The highest BCUT2D eigenvalue weighted by molar-refractivity contribution is 9.11. The Labute approximate surface area is 331 Å². The number of benzene rings is 2. The minimum Gasteiger partial charge on any atom is -0.475 e. The van der Waals surface area contributed by atoms with Crippen molar-refractivity contribution >= 4 is 99.5 Å². The minimum absolute atomic E-state index is 0.0237. The van der Waals surface area contributed by atoms with E-state index in [1.54, 1.807) is 4.90 Å². The van der Waals surface area contributed by atoms with E-state index in [9.17, 15) is 35.9 Å². The van der Waals surface area contributed by atoms with Crippen LogP contribution in [-0.4, -0.2) is 99.9 Å². The lowest BCUT2D eigenvalue weighted by Crippen LogP contribution is -2.53. The van der Waals surface area contributed by atoms with Gasteiger partial charge in [0.15, 0.2) is 11.9 Å². The Bertz CT molecular complexity index is 1570. The number of alkyl halides is 6. The smallest absolute Gasteiger partial charge is 0.475 e. The number of hydrogen-bond donors (Lipinski definition) is 6. The maximum absolute atomic E-state index is 14.3. The van der Waals surface area contributed by atoms with Crippen LogP contribution in [0.4, 0.5) is 31.1 Å². The van der Waals surface area contributed by atoms with Crippen molar-refractivity contribution in [1.82, 2.24) is 9.80 Å². The number of urea groups is 1. The van der Waals surface area contributed by atoms with Gasteiger partial charge in [-0.05, 0) is 60.4 Å². The first kappa shape index (κ1) is 47.4. The molecule has 0 saturated carbocycles. The summed E-state index contributed by atoms with van der Waals surface area (Å²) in [5, 5.41) is 14.2. The van der Waals surface area contributed by atoms with Gasteiger partial charge in [-0.2, -0.15) is 26.3 Å². The summed E-state index contributed by atoms with van der Waals surface area (Å²) in [7, 11) is 0. The third kappa shape index (κ3) is 16.1. The van der Waals surface area contributed by atoms with Crippen molar-refractivity contribution in [2.24, 2.45) is 32.9 Å². The van der Waals surface area contributed by atoms with Crippen LogP contribution in [0.5, 0.6) is 0 Å². The quantitative estimate of drug-likeness (QED) is 0.0539. The number of guanidine groups is 2. The Hall–Kier alpha value is -3.64. The van der Waals surface area contributed by atoms with Gasteiger partial charge in [0.25, 0.3) is 5.91 Å². The van der Waals surface area contributed by atoms with Gasteiger partial charge in [0.1, 0.15) is 5.54 Å². The van der Waals surface area contributed by atoms with Crippen LogP contribution in [0, 0.1) is 0 Å². The number of hydrogen-bond acceptors (Lipinski definition) is 6. The van der Waals surface area contributed by atoms with Gasteiger partial charge in [-0.3, -0.25) is 19.7 Å². The Kier molecular flexibility index (Phi) is 18.5. The van der Waals surface area contributed by atoms with E-state index in [0.717, 1.165) is 29.0 Å². The van der Waals surface area contributed by atoms with E-state index in [2.05, 4.69) is 73.7 Å². The fourth-order valence-corrected chi connectivity index (χ4v) is 7.45. The zero-order valence-corrected chi connectivity index (χ0v) is 33.4. The summed E-state index contributed by atoms with van der Waals surface area (Å²) >= 11 is 14.2. The summed E-state index contributed by atoms with van der Waals surface area (Å²) in [6, 6.07) is 11.3. The summed E-state index contributed by atoms with van der Waals surface area (Å²) in [5.41, 5.74) is 22.5. The van der Waals surface area contributed by atoms with E-state index < -0.39 is 29.8 Å². The molecule has 1 aliphatic heterocycles. The Morgan fingerprint density at radius 1 is 0.660 bits per heavy atom. The molecule has 0 aliphatic carbocycles. The highest BCUT2D eigenvalue weighted by Gasteiger charge is 2.56. The standard InChI is InChI=1S/C25H30Br4N8O2.2C2HF3O2/c26-17-7-15(8-18(27)11-17)13-25(14-16-9-19(28)12-20(29)10-16)21(38)36(5-1-3-34-22(30)31)24(39)37(25)6-2-4-35-23(32)33;2*3-2(4,5)1(6)7/h7-12H,1-6,13-14H2,(H4,30,31,34)(H4,32,33,35);2*(H,6,7). The average Bonchev–Trinajstić information content (AvgIpc) is 3.16. The van der Waals surface area contributed by atoms with Crippen molar-refractivity contribution in [2.75, 3.05) is 26.2 Å². The number of carboxylic acid groups (broad SMARTS) is 2. The van der Waals surface area contributed by atoms with Gasteiger partial charge in [0.05, 0.1) is 0 Å². The number of rotatable bonds is 12. The van der Waals surface area contributed by atoms with Crippen molar-refractivity contribution in [3.8, 4) is 0 Å². The van der Waals surface area contributed by atoms with E-state index in [1.807, 2.05) is 36.4 Å². The topological polar surface area (TPSA) is 244 Å². The maximum Gasteiger partial charge on any atom is 0.490 e. The van der Waals surface area contributed by atoms with Crippen LogP contribution >= 0.6 is 63.7 Å². The molecular weight excluding hydrogens is 990 g/mol. The number of aliphatic imine (C=N–C) groups is 2. The van der Waals surface area contributed by atoms with Crippen LogP contribution in [0.25, 0.3) is 0 Å². The number of carbonyl (C=O) groups excluding carboxylic acids is 2. The van der Waals surface area contributed by atoms with Gasteiger partial charge in [0.2, 0.25) is 0 Å². The predicted molar refractivity (Wildman–Crippen MR) is 196 cm³/mol. The Balaban J connectivity index is 0.000000845. The number of carbonyl (C=O) groups is 4. The van der Waals surface area contributed by atoms with Gasteiger partial charge in [-0.25, -0.2) is 14.4 Å². The zero-order chi connectivity index (χ0) is 40.9. The fraction of sp³-hybridized carbons (Fsp3) is 0.379. The molecule has 2 aromatic carbocycles. The van der Waals surface area contributed by atoms with Gasteiger partial charge in [-0.1, -0.05) is 63.7 Å². The summed E-state index contributed by atoms with van der Waals surface area (Å²) < 4.78 is 66.9. The fourth-order valence-electron chi connectivity index (χ4n) is 4.67. The average molecular weight is 1020 g/mol. The third-order valence-corrected chi connectivity index (χ3v) is 8.44. The molecule has 24 heteroatoms. The Morgan fingerprint density at radius 3 is 1.28 bits per heavy atom. The van der Waals surface area contributed by atoms with E-state index in [4.69, 9.17) is 42.7 Å². The van der Waals surface area contributed by atoms with Crippen LogP contribution in [-0.2, 0) is 27.2 Å². The molecular formula is C29H32Br4F6N8O6. The van der Waals surface area contributed by atoms with E-state index in [0.29, 0.717) is 38.8 Å².